The molecule has 2 unspecified atom stereocenters. The highest BCUT2D eigenvalue weighted by Gasteiger charge is 2.61. The molecular weight excluding hydrogens is 438 g/mol. The number of anilines is 1. The zero-order chi connectivity index (χ0) is 23.3. The number of aromatic nitrogens is 1. The molecule has 4 rings (SSSR count). The minimum absolute atomic E-state index is 0.00211. The van der Waals surface area contributed by atoms with Gasteiger partial charge in [-0.1, -0.05) is 0 Å². The Labute approximate surface area is 185 Å². The smallest absolute Gasteiger partial charge is 0.274 e. The third kappa shape index (κ3) is 3.15. The number of carbonyl (C=O) groups is 1. The first-order valence-corrected chi connectivity index (χ1v) is 11.6. The maximum atomic E-state index is 15.2. The normalized spacial score (nSPS) is 29.8. The van der Waals surface area contributed by atoms with Crippen LogP contribution >= 0.6 is 0 Å². The standard InChI is InChI=1S/C21H24F2N6O2S/c1-20(21(8-9-25-12-21)32(3,31)29(2)19(24)28-20)15-10-14(5-6-16(15)23)27-18(30)17-7-4-13(22)11-26-17/h4-7,10-11,25H,3,8-9,12H2,1-2H3,(H2,24,28)(H,27,30)/t20-,21?,32?/m1/s1. The van der Waals surface area contributed by atoms with E-state index in [9.17, 15) is 13.4 Å². The fraction of sp³-hybridized carbons (Fsp3) is 0.333. The Morgan fingerprint density at radius 2 is 2.09 bits per heavy atom. The van der Waals surface area contributed by atoms with Gasteiger partial charge in [0.05, 0.1) is 20.7 Å². The molecule has 0 saturated carbocycles. The van der Waals surface area contributed by atoms with Gasteiger partial charge in [0, 0.05) is 24.8 Å². The van der Waals surface area contributed by atoms with Crippen molar-refractivity contribution in [2.75, 3.05) is 25.5 Å². The molecule has 32 heavy (non-hydrogen) atoms. The van der Waals surface area contributed by atoms with Crippen molar-refractivity contribution >= 4 is 33.1 Å². The second kappa shape index (κ2) is 7.52. The van der Waals surface area contributed by atoms with Crippen LogP contribution in [-0.2, 0) is 15.2 Å². The largest absolute Gasteiger partial charge is 0.369 e. The fourth-order valence-electron chi connectivity index (χ4n) is 4.47. The molecule has 3 heterocycles. The molecule has 1 fully saturated rings. The Morgan fingerprint density at radius 3 is 2.72 bits per heavy atom. The molecule has 8 nitrogen and oxygen atoms in total. The van der Waals surface area contributed by atoms with Gasteiger partial charge >= 0.3 is 0 Å². The second-order valence-corrected chi connectivity index (χ2v) is 10.7. The van der Waals surface area contributed by atoms with E-state index in [-0.39, 0.29) is 22.9 Å². The summed E-state index contributed by atoms with van der Waals surface area (Å²) in [5, 5.41) is 5.84. The number of rotatable bonds is 3. The molecule has 0 aliphatic carbocycles. The van der Waals surface area contributed by atoms with Crippen molar-refractivity contribution in [3.63, 3.8) is 0 Å². The quantitative estimate of drug-likeness (QED) is 0.598. The molecule has 4 N–H and O–H groups in total. The molecule has 1 aromatic carbocycles. The van der Waals surface area contributed by atoms with Crippen molar-refractivity contribution in [3.8, 4) is 0 Å². The lowest BCUT2D eigenvalue weighted by Crippen LogP contribution is -2.65. The third-order valence-corrected chi connectivity index (χ3v) is 9.46. The van der Waals surface area contributed by atoms with Crippen LogP contribution in [0.5, 0.6) is 0 Å². The highest BCUT2D eigenvalue weighted by atomic mass is 32.2. The van der Waals surface area contributed by atoms with E-state index in [4.69, 9.17) is 5.73 Å². The highest BCUT2D eigenvalue weighted by Crippen LogP contribution is 2.50. The van der Waals surface area contributed by atoms with Crippen LogP contribution in [0.4, 0.5) is 14.5 Å². The SMILES string of the molecule is C=S1(=O)N(C)C(N)=N[C@](C)(c2cc(NC(=O)c3ccc(F)cn3)ccc2F)C12CCNC2. The summed E-state index contributed by atoms with van der Waals surface area (Å²) in [6, 6.07) is 6.42. The number of halogens is 2. The number of aliphatic imine (C=N–C) groups is 1. The Balaban J connectivity index is 1.80. The van der Waals surface area contributed by atoms with E-state index in [1.165, 1.54) is 28.6 Å². The van der Waals surface area contributed by atoms with Gasteiger partial charge in [-0.2, -0.15) is 0 Å². The van der Waals surface area contributed by atoms with Crippen LogP contribution in [0.25, 0.3) is 0 Å². The summed E-state index contributed by atoms with van der Waals surface area (Å²) in [5.41, 5.74) is 5.19. The van der Waals surface area contributed by atoms with Crippen molar-refractivity contribution in [2.24, 2.45) is 10.7 Å². The zero-order valence-electron chi connectivity index (χ0n) is 17.7. The van der Waals surface area contributed by atoms with Gasteiger partial charge in [0.25, 0.3) is 5.91 Å². The predicted octanol–water partition coefficient (Wildman–Crippen LogP) is 1.45. The topological polar surface area (TPSA) is 113 Å². The first-order chi connectivity index (χ1) is 15.0. The summed E-state index contributed by atoms with van der Waals surface area (Å²) < 4.78 is 42.5. The van der Waals surface area contributed by atoms with Crippen LogP contribution in [0.2, 0.25) is 0 Å². The summed E-state index contributed by atoms with van der Waals surface area (Å²) in [4.78, 5) is 20.9. The van der Waals surface area contributed by atoms with Gasteiger partial charge in [0.1, 0.15) is 22.9 Å². The number of nitrogens with two attached hydrogens (primary N) is 1. The van der Waals surface area contributed by atoms with E-state index in [0.717, 1.165) is 12.3 Å². The minimum atomic E-state index is -2.99. The van der Waals surface area contributed by atoms with Gasteiger partial charge in [-0.15, -0.1) is 0 Å². The fourth-order valence-corrected chi connectivity index (χ4v) is 6.86. The lowest BCUT2D eigenvalue weighted by Gasteiger charge is -2.51. The van der Waals surface area contributed by atoms with Crippen LogP contribution < -0.4 is 16.4 Å². The zero-order valence-corrected chi connectivity index (χ0v) is 18.5. The lowest BCUT2D eigenvalue weighted by atomic mass is 9.78. The van der Waals surface area contributed by atoms with Crippen molar-refractivity contribution in [1.82, 2.24) is 14.6 Å². The Kier molecular flexibility index (Phi) is 5.21. The Morgan fingerprint density at radius 1 is 1.34 bits per heavy atom. The number of pyridine rings is 1. The van der Waals surface area contributed by atoms with Gasteiger partial charge < -0.3 is 16.4 Å². The van der Waals surface area contributed by atoms with Crippen molar-refractivity contribution in [2.45, 2.75) is 23.6 Å². The molecule has 0 bridgehead atoms. The number of nitrogens with zero attached hydrogens (tertiary/aromatic N) is 3. The number of hydrogen-bond acceptors (Lipinski definition) is 6. The molecule has 2 aliphatic heterocycles. The van der Waals surface area contributed by atoms with Crippen LogP contribution in [0, 0.1) is 11.6 Å². The number of nitrogens with one attached hydrogen (secondary N) is 2. The summed E-state index contributed by atoms with van der Waals surface area (Å²) >= 11 is 0. The molecule has 2 aromatic rings. The summed E-state index contributed by atoms with van der Waals surface area (Å²) in [6.45, 7) is 2.57. The third-order valence-electron chi connectivity index (χ3n) is 6.43. The molecule has 0 radical (unpaired) electrons. The molecule has 170 valence electrons. The van der Waals surface area contributed by atoms with E-state index in [1.54, 1.807) is 14.0 Å². The highest BCUT2D eigenvalue weighted by molar-refractivity contribution is 8.00. The van der Waals surface area contributed by atoms with Crippen LogP contribution in [0.1, 0.15) is 29.4 Å². The van der Waals surface area contributed by atoms with Gasteiger partial charge in [-0.3, -0.25) is 9.10 Å². The number of guanidine groups is 1. The number of carbonyl (C=O) groups excluding carboxylic acids is 1. The van der Waals surface area contributed by atoms with Gasteiger partial charge in [0.2, 0.25) is 5.96 Å². The van der Waals surface area contributed by atoms with Crippen molar-refractivity contribution < 1.29 is 17.8 Å². The molecule has 1 amide bonds. The molecule has 11 heteroatoms. The summed E-state index contributed by atoms with van der Waals surface area (Å²) in [7, 11) is -1.42. The molecular formula is C21H24F2N6O2S. The first kappa shape index (κ1) is 22.2. The van der Waals surface area contributed by atoms with Gasteiger partial charge in [-0.05, 0) is 56.1 Å². The van der Waals surface area contributed by atoms with Gasteiger partial charge in [-0.25, -0.2) is 23.0 Å². The van der Waals surface area contributed by atoms with E-state index in [0.29, 0.717) is 19.5 Å². The number of benzene rings is 1. The number of hydrogen-bond donors (Lipinski definition) is 3. The van der Waals surface area contributed by atoms with Crippen LogP contribution in [0.3, 0.4) is 0 Å². The average Bonchev–Trinajstić information content (AvgIpc) is 3.26. The first-order valence-electron chi connectivity index (χ1n) is 9.91. The van der Waals surface area contributed by atoms with E-state index >= 15 is 4.39 Å². The van der Waals surface area contributed by atoms with E-state index in [1.807, 2.05) is 0 Å². The van der Waals surface area contributed by atoms with Crippen molar-refractivity contribution in [3.05, 3.63) is 59.4 Å². The number of amides is 1. The Hall–Kier alpha value is -3.05. The lowest BCUT2D eigenvalue weighted by molar-refractivity contribution is 0.102. The molecule has 3 atom stereocenters. The average molecular weight is 463 g/mol. The molecule has 2 aliphatic rings. The molecule has 1 saturated heterocycles. The Bertz CT molecular complexity index is 1210. The molecule has 1 aromatic heterocycles. The monoisotopic (exact) mass is 462 g/mol. The van der Waals surface area contributed by atoms with E-state index in [2.05, 4.69) is 26.5 Å². The summed E-state index contributed by atoms with van der Waals surface area (Å²) in [5.74, 6) is 2.25. The maximum Gasteiger partial charge on any atom is 0.274 e. The predicted molar refractivity (Wildman–Crippen MR) is 121 cm³/mol. The van der Waals surface area contributed by atoms with Crippen LogP contribution in [0.15, 0.2) is 41.5 Å². The molecule has 1 spiro atoms. The van der Waals surface area contributed by atoms with Gasteiger partial charge in [0.15, 0.2) is 0 Å². The summed E-state index contributed by atoms with van der Waals surface area (Å²) in [6.07, 6.45) is 1.38. The second-order valence-electron chi connectivity index (χ2n) is 8.11. The van der Waals surface area contributed by atoms with Crippen molar-refractivity contribution in [1.29, 1.82) is 0 Å². The maximum absolute atomic E-state index is 15.2. The minimum Gasteiger partial charge on any atom is -0.369 e. The van der Waals surface area contributed by atoms with E-state index < -0.39 is 37.5 Å². The van der Waals surface area contributed by atoms with Crippen LogP contribution in [-0.4, -0.2) is 56.1 Å².